The lowest BCUT2D eigenvalue weighted by atomic mass is 10.1. The van der Waals surface area contributed by atoms with Gasteiger partial charge in [0.15, 0.2) is 5.13 Å². The molecule has 2 aromatic rings. The first kappa shape index (κ1) is 14.0. The molecule has 0 aliphatic carbocycles. The average Bonchev–Trinajstić information content (AvgIpc) is 3.05. The number of fused-ring (bicyclic) bond motifs is 1. The van der Waals surface area contributed by atoms with Gasteiger partial charge in [-0.1, -0.05) is 0 Å². The van der Waals surface area contributed by atoms with E-state index in [4.69, 9.17) is 0 Å². The number of hydrogen-bond acceptors (Lipinski definition) is 5. The Labute approximate surface area is 126 Å². The predicted molar refractivity (Wildman–Crippen MR) is 82.4 cm³/mol. The maximum absolute atomic E-state index is 12.1. The van der Waals surface area contributed by atoms with E-state index in [1.54, 1.807) is 29.8 Å². The molecule has 0 saturated heterocycles. The Balaban J connectivity index is 1.86. The van der Waals surface area contributed by atoms with Crippen molar-refractivity contribution in [2.24, 2.45) is 0 Å². The third-order valence-corrected chi connectivity index (χ3v) is 5.12. The van der Waals surface area contributed by atoms with Gasteiger partial charge < -0.3 is 0 Å². The lowest BCUT2D eigenvalue weighted by molar-refractivity contribution is 0.102. The van der Waals surface area contributed by atoms with E-state index in [0.29, 0.717) is 29.3 Å². The van der Waals surface area contributed by atoms with Crippen molar-refractivity contribution in [1.29, 1.82) is 0 Å². The van der Waals surface area contributed by atoms with E-state index in [1.165, 1.54) is 21.9 Å². The molecule has 1 aliphatic heterocycles. The Kier molecular flexibility index (Phi) is 3.42. The van der Waals surface area contributed by atoms with Crippen LogP contribution in [0.4, 0.5) is 10.8 Å². The van der Waals surface area contributed by atoms with Gasteiger partial charge in [-0.2, -0.15) is 0 Å². The van der Waals surface area contributed by atoms with E-state index >= 15 is 0 Å². The lowest BCUT2D eigenvalue weighted by Crippen LogP contribution is -2.27. The number of carbonyl (C=O) groups is 1. The number of nitrogens with one attached hydrogen (secondary N) is 1. The Morgan fingerprint density at radius 1 is 1.43 bits per heavy atom. The number of amides is 1. The summed E-state index contributed by atoms with van der Waals surface area (Å²) in [6.45, 7) is 0.422. The van der Waals surface area contributed by atoms with Gasteiger partial charge in [-0.25, -0.2) is 13.4 Å². The van der Waals surface area contributed by atoms with Crippen LogP contribution in [0.5, 0.6) is 0 Å². The topological polar surface area (TPSA) is 79.4 Å². The van der Waals surface area contributed by atoms with Crippen LogP contribution in [0.3, 0.4) is 0 Å². The molecule has 8 heteroatoms. The Bertz CT molecular complexity index is 785. The van der Waals surface area contributed by atoms with Crippen molar-refractivity contribution in [3.05, 3.63) is 40.9 Å². The van der Waals surface area contributed by atoms with Crippen molar-refractivity contribution >= 4 is 38.1 Å². The molecule has 0 fully saturated rings. The van der Waals surface area contributed by atoms with Crippen LogP contribution in [0.2, 0.25) is 0 Å². The highest BCUT2D eigenvalue weighted by Gasteiger charge is 2.26. The molecular weight excluding hydrogens is 310 g/mol. The van der Waals surface area contributed by atoms with Gasteiger partial charge in [-0.15, -0.1) is 11.3 Å². The number of aromatic nitrogens is 1. The fourth-order valence-corrected chi connectivity index (χ4v) is 3.79. The maximum atomic E-state index is 12.1. The second kappa shape index (κ2) is 5.12. The normalized spacial score (nSPS) is 14.0. The SMILES string of the molecule is CS(=O)(=O)N1CCc2cc(C(=O)Nc3nccs3)ccc21. The van der Waals surface area contributed by atoms with E-state index in [-0.39, 0.29) is 5.91 Å². The molecule has 0 bridgehead atoms. The van der Waals surface area contributed by atoms with Crippen LogP contribution in [-0.4, -0.2) is 32.1 Å². The molecule has 1 aromatic heterocycles. The van der Waals surface area contributed by atoms with Crippen LogP contribution < -0.4 is 9.62 Å². The summed E-state index contributed by atoms with van der Waals surface area (Å²) in [7, 11) is -3.27. The van der Waals surface area contributed by atoms with E-state index < -0.39 is 10.0 Å². The summed E-state index contributed by atoms with van der Waals surface area (Å²) in [5.74, 6) is -0.245. The highest BCUT2D eigenvalue weighted by Crippen LogP contribution is 2.30. The second-order valence-corrected chi connectivity index (χ2v) is 7.52. The molecule has 0 saturated carbocycles. The summed E-state index contributed by atoms with van der Waals surface area (Å²) in [6.07, 6.45) is 3.42. The lowest BCUT2D eigenvalue weighted by Gasteiger charge is -2.16. The van der Waals surface area contributed by atoms with Gasteiger partial charge in [-0.05, 0) is 30.2 Å². The molecule has 1 aliphatic rings. The third kappa shape index (κ3) is 2.77. The fourth-order valence-electron chi connectivity index (χ4n) is 2.31. The molecule has 3 rings (SSSR count). The molecule has 1 aromatic carbocycles. The summed E-state index contributed by atoms with van der Waals surface area (Å²) in [4.78, 5) is 16.1. The monoisotopic (exact) mass is 323 g/mol. The van der Waals surface area contributed by atoms with Gasteiger partial charge in [0.05, 0.1) is 11.9 Å². The third-order valence-electron chi connectivity index (χ3n) is 3.25. The predicted octanol–water partition coefficient (Wildman–Crippen LogP) is 1.72. The zero-order chi connectivity index (χ0) is 15.0. The summed E-state index contributed by atoms with van der Waals surface area (Å²) in [5.41, 5.74) is 2.02. The number of benzene rings is 1. The van der Waals surface area contributed by atoms with Crippen LogP contribution in [0.1, 0.15) is 15.9 Å². The van der Waals surface area contributed by atoms with Crippen LogP contribution in [0.25, 0.3) is 0 Å². The van der Waals surface area contributed by atoms with Crippen LogP contribution in [0, 0.1) is 0 Å². The van der Waals surface area contributed by atoms with Gasteiger partial charge in [-0.3, -0.25) is 14.4 Å². The number of sulfonamides is 1. The van der Waals surface area contributed by atoms with Gasteiger partial charge in [0.1, 0.15) is 0 Å². The zero-order valence-corrected chi connectivity index (χ0v) is 12.9. The van der Waals surface area contributed by atoms with Crippen LogP contribution in [0.15, 0.2) is 29.8 Å². The molecule has 0 radical (unpaired) electrons. The minimum absolute atomic E-state index is 0.245. The maximum Gasteiger partial charge on any atom is 0.257 e. The first-order valence-corrected chi connectivity index (χ1v) is 8.99. The minimum atomic E-state index is -3.27. The zero-order valence-electron chi connectivity index (χ0n) is 11.2. The number of rotatable bonds is 3. The molecular formula is C13H13N3O3S2. The quantitative estimate of drug-likeness (QED) is 0.933. The first-order chi connectivity index (χ1) is 9.95. The van der Waals surface area contributed by atoms with E-state index in [1.807, 2.05) is 0 Å². The number of anilines is 2. The van der Waals surface area contributed by atoms with Gasteiger partial charge in [0.25, 0.3) is 5.91 Å². The average molecular weight is 323 g/mol. The van der Waals surface area contributed by atoms with Gasteiger partial charge in [0, 0.05) is 23.7 Å². The van der Waals surface area contributed by atoms with Crippen LogP contribution >= 0.6 is 11.3 Å². The number of thiazole rings is 1. The van der Waals surface area contributed by atoms with E-state index in [2.05, 4.69) is 10.3 Å². The highest BCUT2D eigenvalue weighted by molar-refractivity contribution is 7.92. The Morgan fingerprint density at radius 3 is 2.90 bits per heavy atom. The first-order valence-electron chi connectivity index (χ1n) is 6.26. The van der Waals surface area contributed by atoms with Crippen molar-refractivity contribution in [3.8, 4) is 0 Å². The highest BCUT2D eigenvalue weighted by atomic mass is 32.2. The van der Waals surface area contributed by atoms with Crippen molar-refractivity contribution in [2.45, 2.75) is 6.42 Å². The molecule has 21 heavy (non-hydrogen) atoms. The Hall–Kier alpha value is -1.93. The molecule has 6 nitrogen and oxygen atoms in total. The number of hydrogen-bond donors (Lipinski definition) is 1. The molecule has 0 atom stereocenters. The largest absolute Gasteiger partial charge is 0.298 e. The van der Waals surface area contributed by atoms with Crippen molar-refractivity contribution in [2.75, 3.05) is 22.4 Å². The molecule has 0 spiro atoms. The molecule has 0 unspecified atom stereocenters. The number of carbonyl (C=O) groups excluding carboxylic acids is 1. The minimum Gasteiger partial charge on any atom is -0.298 e. The van der Waals surface area contributed by atoms with Gasteiger partial charge >= 0.3 is 0 Å². The van der Waals surface area contributed by atoms with E-state index in [0.717, 1.165) is 5.56 Å². The van der Waals surface area contributed by atoms with Crippen molar-refractivity contribution in [1.82, 2.24) is 4.98 Å². The summed E-state index contributed by atoms with van der Waals surface area (Å²) in [6, 6.07) is 5.05. The van der Waals surface area contributed by atoms with E-state index in [9.17, 15) is 13.2 Å². The van der Waals surface area contributed by atoms with Crippen molar-refractivity contribution in [3.63, 3.8) is 0 Å². The molecule has 110 valence electrons. The summed E-state index contributed by atoms with van der Waals surface area (Å²) >= 11 is 1.34. The van der Waals surface area contributed by atoms with Gasteiger partial charge in [0.2, 0.25) is 10.0 Å². The standard InChI is InChI=1S/C13H13N3O3S2/c1-21(18,19)16-6-4-9-8-10(2-3-11(9)16)12(17)15-13-14-5-7-20-13/h2-3,5,7-8H,4,6H2,1H3,(H,14,15,17). The number of nitrogens with zero attached hydrogens (tertiary/aromatic N) is 2. The fraction of sp³-hybridized carbons (Fsp3) is 0.231. The molecule has 1 amide bonds. The second-order valence-electron chi connectivity index (χ2n) is 4.72. The van der Waals surface area contributed by atoms with Crippen molar-refractivity contribution < 1.29 is 13.2 Å². The molecule has 1 N–H and O–H groups in total. The van der Waals surface area contributed by atoms with Crippen LogP contribution in [-0.2, 0) is 16.4 Å². The summed E-state index contributed by atoms with van der Waals surface area (Å²) < 4.78 is 24.7. The smallest absolute Gasteiger partial charge is 0.257 e. The summed E-state index contributed by atoms with van der Waals surface area (Å²) in [5, 5.41) is 5.03. The molecule has 2 heterocycles. The Morgan fingerprint density at radius 2 is 2.24 bits per heavy atom.